The van der Waals surface area contributed by atoms with E-state index in [9.17, 15) is 4.79 Å². The SMILES string of the molecule is CC(C)C(=O)C1(N(C)C)CCC1. The molecule has 0 heterocycles. The average Bonchev–Trinajstić information content (AvgIpc) is 1.83. The Kier molecular flexibility index (Phi) is 2.57. The molecule has 2 nitrogen and oxygen atoms in total. The van der Waals surface area contributed by atoms with E-state index in [1.165, 1.54) is 6.42 Å². The van der Waals surface area contributed by atoms with Gasteiger partial charge in [-0.3, -0.25) is 9.69 Å². The molecular weight excluding hydrogens is 150 g/mol. The summed E-state index contributed by atoms with van der Waals surface area (Å²) >= 11 is 0. The van der Waals surface area contributed by atoms with E-state index in [4.69, 9.17) is 0 Å². The van der Waals surface area contributed by atoms with Crippen LogP contribution in [0.4, 0.5) is 0 Å². The van der Waals surface area contributed by atoms with Gasteiger partial charge in [-0.15, -0.1) is 0 Å². The Balaban J connectivity index is 2.74. The molecule has 0 unspecified atom stereocenters. The molecule has 0 saturated heterocycles. The fraction of sp³-hybridized carbons (Fsp3) is 0.900. The number of carbonyl (C=O) groups is 1. The maximum atomic E-state index is 11.8. The van der Waals surface area contributed by atoms with Crippen LogP contribution >= 0.6 is 0 Å². The van der Waals surface area contributed by atoms with Crippen molar-refractivity contribution in [3.8, 4) is 0 Å². The minimum Gasteiger partial charge on any atom is -0.297 e. The molecule has 1 fully saturated rings. The minimum absolute atomic E-state index is 0.103. The van der Waals surface area contributed by atoms with Gasteiger partial charge >= 0.3 is 0 Å². The summed E-state index contributed by atoms with van der Waals surface area (Å²) in [5, 5.41) is 0. The van der Waals surface area contributed by atoms with E-state index in [1.807, 2.05) is 27.9 Å². The number of rotatable bonds is 3. The molecule has 0 aromatic rings. The van der Waals surface area contributed by atoms with Gasteiger partial charge in [-0.05, 0) is 33.4 Å². The first-order chi connectivity index (χ1) is 5.50. The van der Waals surface area contributed by atoms with Gasteiger partial charge in [-0.25, -0.2) is 0 Å². The van der Waals surface area contributed by atoms with Crippen molar-refractivity contribution >= 4 is 5.78 Å². The molecule has 0 aliphatic heterocycles. The monoisotopic (exact) mass is 169 g/mol. The van der Waals surface area contributed by atoms with Crippen LogP contribution in [0.25, 0.3) is 0 Å². The van der Waals surface area contributed by atoms with Gasteiger partial charge in [0.2, 0.25) is 0 Å². The lowest BCUT2D eigenvalue weighted by Crippen LogP contribution is -2.57. The number of hydrogen-bond donors (Lipinski definition) is 0. The zero-order valence-corrected chi connectivity index (χ0v) is 8.55. The molecular formula is C10H19NO. The average molecular weight is 169 g/mol. The fourth-order valence-corrected chi connectivity index (χ4v) is 1.96. The van der Waals surface area contributed by atoms with Crippen LogP contribution in [0.15, 0.2) is 0 Å². The van der Waals surface area contributed by atoms with Crippen LogP contribution < -0.4 is 0 Å². The molecule has 0 spiro atoms. The van der Waals surface area contributed by atoms with Gasteiger partial charge in [0.05, 0.1) is 5.54 Å². The quantitative estimate of drug-likeness (QED) is 0.641. The molecule has 0 atom stereocenters. The predicted octanol–water partition coefficient (Wildman–Crippen LogP) is 1.70. The summed E-state index contributed by atoms with van der Waals surface area (Å²) in [6.45, 7) is 3.98. The van der Waals surface area contributed by atoms with Gasteiger partial charge in [-0.1, -0.05) is 13.8 Å². The van der Waals surface area contributed by atoms with Crippen molar-refractivity contribution in [2.45, 2.75) is 38.6 Å². The highest BCUT2D eigenvalue weighted by Crippen LogP contribution is 2.38. The van der Waals surface area contributed by atoms with Gasteiger partial charge in [-0.2, -0.15) is 0 Å². The predicted molar refractivity (Wildman–Crippen MR) is 50.1 cm³/mol. The lowest BCUT2D eigenvalue weighted by Gasteiger charge is -2.46. The number of carbonyl (C=O) groups excluding carboxylic acids is 1. The molecule has 0 amide bonds. The van der Waals surface area contributed by atoms with Gasteiger partial charge in [0, 0.05) is 5.92 Å². The van der Waals surface area contributed by atoms with Crippen molar-refractivity contribution in [1.29, 1.82) is 0 Å². The third-order valence-corrected chi connectivity index (χ3v) is 3.02. The zero-order valence-electron chi connectivity index (χ0n) is 8.55. The van der Waals surface area contributed by atoms with Crippen LogP contribution in [-0.2, 0) is 4.79 Å². The third-order valence-electron chi connectivity index (χ3n) is 3.02. The van der Waals surface area contributed by atoms with Gasteiger partial charge < -0.3 is 0 Å². The van der Waals surface area contributed by atoms with E-state index in [-0.39, 0.29) is 11.5 Å². The molecule has 70 valence electrons. The Labute approximate surface area is 74.9 Å². The van der Waals surface area contributed by atoms with E-state index in [0.29, 0.717) is 5.78 Å². The van der Waals surface area contributed by atoms with Gasteiger partial charge in [0.25, 0.3) is 0 Å². The molecule has 1 aliphatic carbocycles. The highest BCUT2D eigenvalue weighted by Gasteiger charge is 2.46. The lowest BCUT2D eigenvalue weighted by atomic mass is 9.70. The van der Waals surface area contributed by atoms with Crippen molar-refractivity contribution in [3.63, 3.8) is 0 Å². The summed E-state index contributed by atoms with van der Waals surface area (Å²) in [7, 11) is 4.03. The second-order valence-electron chi connectivity index (χ2n) is 4.30. The molecule has 0 aromatic carbocycles. The second-order valence-corrected chi connectivity index (χ2v) is 4.30. The lowest BCUT2D eigenvalue weighted by molar-refractivity contribution is -0.138. The van der Waals surface area contributed by atoms with Crippen molar-refractivity contribution in [2.24, 2.45) is 5.92 Å². The van der Waals surface area contributed by atoms with E-state index in [1.54, 1.807) is 0 Å². The van der Waals surface area contributed by atoms with Crippen LogP contribution in [0.1, 0.15) is 33.1 Å². The first kappa shape index (κ1) is 9.72. The largest absolute Gasteiger partial charge is 0.297 e. The normalized spacial score (nSPS) is 21.2. The van der Waals surface area contributed by atoms with Crippen LogP contribution in [0.3, 0.4) is 0 Å². The van der Waals surface area contributed by atoms with Crippen LogP contribution in [0.2, 0.25) is 0 Å². The van der Waals surface area contributed by atoms with Crippen LogP contribution in [0.5, 0.6) is 0 Å². The minimum atomic E-state index is -0.103. The van der Waals surface area contributed by atoms with E-state index >= 15 is 0 Å². The van der Waals surface area contributed by atoms with Gasteiger partial charge in [0.1, 0.15) is 0 Å². The van der Waals surface area contributed by atoms with Crippen LogP contribution in [-0.4, -0.2) is 30.3 Å². The molecule has 1 rings (SSSR count). The smallest absolute Gasteiger partial charge is 0.155 e. The number of nitrogens with zero attached hydrogens (tertiary/aromatic N) is 1. The fourth-order valence-electron chi connectivity index (χ4n) is 1.96. The number of Topliss-reactive ketones (excluding diaryl/α,β-unsaturated/α-hetero) is 1. The van der Waals surface area contributed by atoms with Crippen molar-refractivity contribution in [3.05, 3.63) is 0 Å². The first-order valence-electron chi connectivity index (χ1n) is 4.72. The highest BCUT2D eigenvalue weighted by molar-refractivity contribution is 5.90. The molecule has 2 heteroatoms. The molecule has 1 aliphatic rings. The standard InChI is InChI=1S/C10H19NO/c1-8(2)9(12)10(11(3)4)6-5-7-10/h8H,5-7H2,1-4H3. The van der Waals surface area contributed by atoms with Crippen molar-refractivity contribution < 1.29 is 4.79 Å². The summed E-state index contributed by atoms with van der Waals surface area (Å²) in [5.74, 6) is 0.589. The molecule has 0 bridgehead atoms. The summed E-state index contributed by atoms with van der Waals surface area (Å²) in [5.41, 5.74) is -0.103. The Morgan fingerprint density at radius 2 is 1.83 bits per heavy atom. The highest BCUT2D eigenvalue weighted by atomic mass is 16.1. The Morgan fingerprint density at radius 3 is 1.92 bits per heavy atom. The van der Waals surface area contributed by atoms with E-state index < -0.39 is 0 Å². The summed E-state index contributed by atoms with van der Waals surface area (Å²) < 4.78 is 0. The van der Waals surface area contributed by atoms with Crippen molar-refractivity contribution in [2.75, 3.05) is 14.1 Å². The topological polar surface area (TPSA) is 20.3 Å². The summed E-state index contributed by atoms with van der Waals surface area (Å²) in [6, 6.07) is 0. The first-order valence-corrected chi connectivity index (χ1v) is 4.72. The molecule has 1 saturated carbocycles. The van der Waals surface area contributed by atoms with Crippen LogP contribution in [0, 0.1) is 5.92 Å². The summed E-state index contributed by atoms with van der Waals surface area (Å²) in [6.07, 6.45) is 3.31. The second kappa shape index (κ2) is 3.17. The maximum Gasteiger partial charge on any atom is 0.155 e. The number of hydrogen-bond acceptors (Lipinski definition) is 2. The molecule has 12 heavy (non-hydrogen) atoms. The molecule has 0 radical (unpaired) electrons. The maximum absolute atomic E-state index is 11.8. The Morgan fingerprint density at radius 1 is 1.33 bits per heavy atom. The number of ketones is 1. The van der Waals surface area contributed by atoms with Gasteiger partial charge in [0.15, 0.2) is 5.78 Å². The third kappa shape index (κ3) is 1.28. The Bertz CT molecular complexity index is 180. The van der Waals surface area contributed by atoms with Crippen molar-refractivity contribution in [1.82, 2.24) is 4.90 Å². The number of likely N-dealkylation sites (N-methyl/N-ethyl adjacent to an activating group) is 1. The van der Waals surface area contributed by atoms with E-state index in [2.05, 4.69) is 4.90 Å². The molecule has 0 N–H and O–H groups in total. The van der Waals surface area contributed by atoms with E-state index in [0.717, 1.165) is 12.8 Å². The molecule has 0 aromatic heterocycles. The Hall–Kier alpha value is -0.370. The zero-order chi connectivity index (χ0) is 9.35. The summed E-state index contributed by atoms with van der Waals surface area (Å²) in [4.78, 5) is 13.9.